The minimum Gasteiger partial charge on any atom is -0.395 e. The van der Waals surface area contributed by atoms with Crippen LogP contribution in [-0.4, -0.2) is 55.5 Å². The van der Waals surface area contributed by atoms with Crippen molar-refractivity contribution < 1.29 is 14.6 Å². The highest BCUT2D eigenvalue weighted by Gasteiger charge is 2.13. The van der Waals surface area contributed by atoms with Crippen molar-refractivity contribution in [3.05, 3.63) is 23.9 Å². The lowest BCUT2D eigenvalue weighted by atomic mass is 10.2. The summed E-state index contributed by atoms with van der Waals surface area (Å²) in [5, 5.41) is 11.2. The number of carbonyl (C=O) groups excluding carboxylic acids is 1. The molecule has 1 amide bonds. The molecule has 2 heterocycles. The lowest BCUT2D eigenvalue weighted by Gasteiger charge is -2.27. The number of amides is 1. The molecule has 98 valence electrons. The number of hydrogen-bond acceptors (Lipinski definition) is 5. The van der Waals surface area contributed by atoms with E-state index in [-0.39, 0.29) is 19.1 Å². The molecule has 0 saturated carbocycles. The molecule has 6 nitrogen and oxygen atoms in total. The predicted molar refractivity (Wildman–Crippen MR) is 66.7 cm³/mol. The molecule has 1 aromatic heterocycles. The van der Waals surface area contributed by atoms with Gasteiger partial charge in [0.15, 0.2) is 0 Å². The lowest BCUT2D eigenvalue weighted by molar-refractivity contribution is 0.0944. The van der Waals surface area contributed by atoms with Gasteiger partial charge in [-0.15, -0.1) is 0 Å². The third-order valence-corrected chi connectivity index (χ3v) is 2.74. The molecule has 18 heavy (non-hydrogen) atoms. The van der Waals surface area contributed by atoms with E-state index < -0.39 is 0 Å². The summed E-state index contributed by atoms with van der Waals surface area (Å²) in [6.07, 6.45) is 1.55. The zero-order valence-electron chi connectivity index (χ0n) is 10.1. The molecular formula is C12H17N3O3. The second-order valence-electron chi connectivity index (χ2n) is 3.98. The fourth-order valence-corrected chi connectivity index (χ4v) is 1.77. The molecule has 2 rings (SSSR count). The van der Waals surface area contributed by atoms with Crippen LogP contribution in [0.2, 0.25) is 0 Å². The van der Waals surface area contributed by atoms with Crippen LogP contribution in [0.5, 0.6) is 0 Å². The first-order chi connectivity index (χ1) is 8.81. The number of ether oxygens (including phenoxy) is 1. The van der Waals surface area contributed by atoms with Gasteiger partial charge in [0.25, 0.3) is 5.91 Å². The highest BCUT2D eigenvalue weighted by atomic mass is 16.5. The summed E-state index contributed by atoms with van der Waals surface area (Å²) >= 11 is 0. The number of nitrogens with zero attached hydrogens (tertiary/aromatic N) is 2. The van der Waals surface area contributed by atoms with Crippen molar-refractivity contribution in [2.45, 2.75) is 0 Å². The van der Waals surface area contributed by atoms with Crippen LogP contribution in [0, 0.1) is 0 Å². The van der Waals surface area contributed by atoms with E-state index in [1.165, 1.54) is 0 Å². The average Bonchev–Trinajstić information content (AvgIpc) is 2.46. The summed E-state index contributed by atoms with van der Waals surface area (Å²) in [5.74, 6) is 0.641. The van der Waals surface area contributed by atoms with Crippen LogP contribution < -0.4 is 10.2 Å². The van der Waals surface area contributed by atoms with Crippen LogP contribution in [0.15, 0.2) is 18.3 Å². The average molecular weight is 251 g/mol. The predicted octanol–water partition coefficient (Wildman–Crippen LogP) is -0.360. The molecule has 1 aliphatic rings. The Kier molecular flexibility index (Phi) is 4.49. The smallest absolute Gasteiger partial charge is 0.252 e. The Morgan fingerprint density at radius 2 is 2.22 bits per heavy atom. The molecule has 0 atom stereocenters. The molecular weight excluding hydrogens is 234 g/mol. The number of hydrogen-bond donors (Lipinski definition) is 2. The normalized spacial score (nSPS) is 15.5. The van der Waals surface area contributed by atoms with Crippen LogP contribution in [0.25, 0.3) is 0 Å². The van der Waals surface area contributed by atoms with E-state index in [0.717, 1.165) is 18.9 Å². The van der Waals surface area contributed by atoms with Crippen LogP contribution in [0.1, 0.15) is 10.4 Å². The van der Waals surface area contributed by atoms with Crippen molar-refractivity contribution >= 4 is 11.7 Å². The third kappa shape index (κ3) is 3.18. The quantitative estimate of drug-likeness (QED) is 0.764. The van der Waals surface area contributed by atoms with Crippen LogP contribution in [0.4, 0.5) is 5.82 Å². The molecule has 0 unspecified atom stereocenters. The molecule has 1 saturated heterocycles. The number of aliphatic hydroxyl groups excluding tert-OH is 1. The summed E-state index contributed by atoms with van der Waals surface area (Å²) in [6, 6.07) is 3.57. The topological polar surface area (TPSA) is 74.7 Å². The van der Waals surface area contributed by atoms with Crippen molar-refractivity contribution in [1.29, 1.82) is 0 Å². The Balaban J connectivity index is 1.98. The fraction of sp³-hybridized carbons (Fsp3) is 0.500. The molecule has 0 bridgehead atoms. The zero-order chi connectivity index (χ0) is 12.8. The maximum absolute atomic E-state index is 11.6. The molecule has 0 aliphatic carbocycles. The number of aliphatic hydroxyl groups is 1. The summed E-state index contributed by atoms with van der Waals surface area (Å²) in [6.45, 7) is 3.25. The summed E-state index contributed by atoms with van der Waals surface area (Å²) in [5.41, 5.74) is 0.500. The van der Waals surface area contributed by atoms with E-state index >= 15 is 0 Å². The van der Waals surface area contributed by atoms with Crippen molar-refractivity contribution in [3.8, 4) is 0 Å². The molecule has 0 radical (unpaired) electrons. The molecule has 1 fully saturated rings. The van der Waals surface area contributed by atoms with Gasteiger partial charge in [-0.05, 0) is 12.1 Å². The summed E-state index contributed by atoms with van der Waals surface area (Å²) in [4.78, 5) is 18.0. The molecule has 6 heteroatoms. The Labute approximate surface area is 106 Å². The standard InChI is InChI=1S/C12H17N3O3/c16-6-3-13-12(17)10-1-2-11(14-9-10)15-4-7-18-8-5-15/h1-2,9,16H,3-8H2,(H,13,17). The summed E-state index contributed by atoms with van der Waals surface area (Å²) in [7, 11) is 0. The molecule has 0 spiro atoms. The number of pyridine rings is 1. The maximum Gasteiger partial charge on any atom is 0.252 e. The van der Waals surface area contributed by atoms with E-state index in [1.807, 2.05) is 6.07 Å². The first-order valence-corrected chi connectivity index (χ1v) is 5.99. The Bertz CT molecular complexity index is 388. The molecule has 0 aromatic carbocycles. The van der Waals surface area contributed by atoms with E-state index in [4.69, 9.17) is 9.84 Å². The van der Waals surface area contributed by atoms with Crippen LogP contribution >= 0.6 is 0 Å². The van der Waals surface area contributed by atoms with Gasteiger partial charge in [-0.3, -0.25) is 4.79 Å². The highest BCUT2D eigenvalue weighted by molar-refractivity contribution is 5.94. The minimum atomic E-state index is -0.218. The Hall–Kier alpha value is -1.66. The molecule has 1 aromatic rings. The van der Waals surface area contributed by atoms with Gasteiger partial charge in [0.2, 0.25) is 0 Å². The van der Waals surface area contributed by atoms with Gasteiger partial charge in [-0.1, -0.05) is 0 Å². The minimum absolute atomic E-state index is 0.0645. The first kappa shape index (κ1) is 12.8. The van der Waals surface area contributed by atoms with Gasteiger partial charge in [0.1, 0.15) is 5.82 Å². The summed E-state index contributed by atoms with van der Waals surface area (Å²) < 4.78 is 5.27. The monoisotopic (exact) mass is 251 g/mol. The Morgan fingerprint density at radius 3 is 2.83 bits per heavy atom. The third-order valence-electron chi connectivity index (χ3n) is 2.74. The number of rotatable bonds is 4. The van der Waals surface area contributed by atoms with Gasteiger partial charge in [-0.25, -0.2) is 4.98 Å². The first-order valence-electron chi connectivity index (χ1n) is 5.99. The number of nitrogens with one attached hydrogen (secondary N) is 1. The maximum atomic E-state index is 11.6. The fourth-order valence-electron chi connectivity index (χ4n) is 1.77. The van der Waals surface area contributed by atoms with Gasteiger partial charge in [0.05, 0.1) is 25.4 Å². The lowest BCUT2D eigenvalue weighted by Crippen LogP contribution is -2.36. The largest absolute Gasteiger partial charge is 0.395 e. The highest BCUT2D eigenvalue weighted by Crippen LogP contribution is 2.12. The second kappa shape index (κ2) is 6.32. The van der Waals surface area contributed by atoms with Crippen LogP contribution in [0.3, 0.4) is 0 Å². The van der Waals surface area contributed by atoms with Gasteiger partial charge in [0, 0.05) is 25.8 Å². The number of carbonyl (C=O) groups is 1. The van der Waals surface area contributed by atoms with Crippen LogP contribution in [-0.2, 0) is 4.74 Å². The number of morpholine rings is 1. The van der Waals surface area contributed by atoms with Crippen molar-refractivity contribution in [2.24, 2.45) is 0 Å². The SMILES string of the molecule is O=C(NCCO)c1ccc(N2CCOCC2)nc1. The van der Waals surface area contributed by atoms with E-state index in [2.05, 4.69) is 15.2 Å². The zero-order valence-corrected chi connectivity index (χ0v) is 10.1. The molecule has 1 aliphatic heterocycles. The van der Waals surface area contributed by atoms with Gasteiger partial charge < -0.3 is 20.1 Å². The van der Waals surface area contributed by atoms with E-state index in [9.17, 15) is 4.79 Å². The van der Waals surface area contributed by atoms with E-state index in [1.54, 1.807) is 12.3 Å². The second-order valence-corrected chi connectivity index (χ2v) is 3.98. The Morgan fingerprint density at radius 1 is 1.44 bits per heavy atom. The van der Waals surface area contributed by atoms with Crippen molar-refractivity contribution in [1.82, 2.24) is 10.3 Å². The van der Waals surface area contributed by atoms with Gasteiger partial charge >= 0.3 is 0 Å². The molecule has 2 N–H and O–H groups in total. The van der Waals surface area contributed by atoms with Crippen molar-refractivity contribution in [2.75, 3.05) is 44.4 Å². The number of anilines is 1. The van der Waals surface area contributed by atoms with Crippen molar-refractivity contribution in [3.63, 3.8) is 0 Å². The number of aromatic nitrogens is 1. The van der Waals surface area contributed by atoms with Gasteiger partial charge in [-0.2, -0.15) is 0 Å². The van der Waals surface area contributed by atoms with E-state index in [0.29, 0.717) is 18.8 Å².